The minimum Gasteiger partial charge on any atom is -0.481 e. The summed E-state index contributed by atoms with van der Waals surface area (Å²) in [7, 11) is 0. The van der Waals surface area contributed by atoms with E-state index in [9.17, 15) is 4.79 Å². The predicted octanol–water partition coefficient (Wildman–Crippen LogP) is 2.48. The fourth-order valence-electron chi connectivity index (χ4n) is 1.44. The quantitative estimate of drug-likeness (QED) is 0.783. The van der Waals surface area contributed by atoms with Gasteiger partial charge in [-0.05, 0) is 30.0 Å². The van der Waals surface area contributed by atoms with Crippen molar-refractivity contribution < 1.29 is 9.90 Å². The first-order chi connectivity index (χ1) is 8.75. The van der Waals surface area contributed by atoms with Crippen LogP contribution in [0.3, 0.4) is 0 Å². The van der Waals surface area contributed by atoms with Crippen LogP contribution in [-0.4, -0.2) is 27.8 Å². The van der Waals surface area contributed by atoms with E-state index in [1.807, 2.05) is 29.6 Å². The van der Waals surface area contributed by atoms with E-state index in [-0.39, 0.29) is 6.42 Å². The topological polar surface area (TPSA) is 75.1 Å². The summed E-state index contributed by atoms with van der Waals surface area (Å²) in [5.41, 5.74) is 0.848. The Hall–Kier alpha value is -1.95. The lowest BCUT2D eigenvalue weighted by molar-refractivity contribution is -0.137. The Labute approximate surface area is 109 Å². The molecule has 0 aliphatic carbocycles. The largest absolute Gasteiger partial charge is 0.481 e. The van der Waals surface area contributed by atoms with Crippen molar-refractivity contribution in [1.29, 1.82) is 0 Å². The first-order valence-electron chi connectivity index (χ1n) is 5.59. The van der Waals surface area contributed by atoms with Gasteiger partial charge in [-0.25, -0.2) is 0 Å². The van der Waals surface area contributed by atoms with E-state index in [1.165, 1.54) is 0 Å². The molecule has 5 nitrogen and oxygen atoms in total. The second-order valence-corrected chi connectivity index (χ2v) is 4.65. The van der Waals surface area contributed by atoms with Crippen LogP contribution in [0.2, 0.25) is 0 Å². The average Bonchev–Trinajstić information content (AvgIpc) is 2.89. The van der Waals surface area contributed by atoms with Crippen LogP contribution in [0.4, 0.5) is 5.82 Å². The molecule has 0 radical (unpaired) electrons. The van der Waals surface area contributed by atoms with Gasteiger partial charge in [0.05, 0.1) is 4.88 Å². The van der Waals surface area contributed by atoms with Gasteiger partial charge in [0.25, 0.3) is 0 Å². The van der Waals surface area contributed by atoms with Gasteiger partial charge in [-0.1, -0.05) is 6.07 Å². The molecule has 18 heavy (non-hydrogen) atoms. The van der Waals surface area contributed by atoms with Crippen LogP contribution in [0.15, 0.2) is 29.6 Å². The fourth-order valence-corrected chi connectivity index (χ4v) is 2.13. The molecule has 94 valence electrons. The van der Waals surface area contributed by atoms with Crippen LogP contribution in [0.25, 0.3) is 10.6 Å². The monoisotopic (exact) mass is 263 g/mol. The Bertz CT molecular complexity index is 497. The van der Waals surface area contributed by atoms with Crippen LogP contribution in [0.1, 0.15) is 12.8 Å². The third-order valence-corrected chi connectivity index (χ3v) is 3.20. The van der Waals surface area contributed by atoms with Crippen LogP contribution in [0, 0.1) is 0 Å². The van der Waals surface area contributed by atoms with Crippen molar-refractivity contribution in [1.82, 2.24) is 10.2 Å². The van der Waals surface area contributed by atoms with E-state index in [2.05, 4.69) is 15.5 Å². The number of rotatable bonds is 6. The molecule has 0 saturated carbocycles. The lowest BCUT2D eigenvalue weighted by atomic mass is 10.3. The van der Waals surface area contributed by atoms with E-state index in [1.54, 1.807) is 11.3 Å². The van der Waals surface area contributed by atoms with Crippen molar-refractivity contribution in [3.63, 3.8) is 0 Å². The van der Waals surface area contributed by atoms with Gasteiger partial charge in [0.15, 0.2) is 0 Å². The molecule has 2 aromatic heterocycles. The molecule has 2 heterocycles. The number of thiophene rings is 1. The summed E-state index contributed by atoms with van der Waals surface area (Å²) in [5.74, 6) is -0.114. The summed E-state index contributed by atoms with van der Waals surface area (Å²) in [6.07, 6.45) is 0.734. The Balaban J connectivity index is 1.86. The average molecular weight is 263 g/mol. The van der Waals surface area contributed by atoms with E-state index < -0.39 is 5.97 Å². The molecule has 0 aliphatic rings. The van der Waals surface area contributed by atoms with Crippen molar-refractivity contribution >= 4 is 23.1 Å². The van der Waals surface area contributed by atoms with Gasteiger partial charge in [0.1, 0.15) is 11.5 Å². The van der Waals surface area contributed by atoms with Crippen molar-refractivity contribution in [2.75, 3.05) is 11.9 Å². The van der Waals surface area contributed by atoms with Crippen LogP contribution < -0.4 is 5.32 Å². The highest BCUT2D eigenvalue weighted by molar-refractivity contribution is 7.13. The molecule has 0 aliphatic heterocycles. The van der Waals surface area contributed by atoms with Crippen LogP contribution in [0.5, 0.6) is 0 Å². The Morgan fingerprint density at radius 2 is 2.22 bits per heavy atom. The molecule has 2 rings (SSSR count). The summed E-state index contributed by atoms with van der Waals surface area (Å²) in [4.78, 5) is 11.4. The Morgan fingerprint density at radius 1 is 1.33 bits per heavy atom. The summed E-state index contributed by atoms with van der Waals surface area (Å²) >= 11 is 1.62. The number of carbonyl (C=O) groups is 1. The zero-order valence-corrected chi connectivity index (χ0v) is 10.5. The first kappa shape index (κ1) is 12.5. The second-order valence-electron chi connectivity index (χ2n) is 3.71. The third kappa shape index (κ3) is 3.53. The lowest BCUT2D eigenvalue weighted by Gasteiger charge is -2.03. The van der Waals surface area contributed by atoms with Crippen molar-refractivity contribution in [3.8, 4) is 10.6 Å². The maximum absolute atomic E-state index is 10.3. The van der Waals surface area contributed by atoms with Gasteiger partial charge in [-0.2, -0.15) is 0 Å². The fraction of sp³-hybridized carbons (Fsp3) is 0.250. The van der Waals surface area contributed by atoms with Crippen LogP contribution in [-0.2, 0) is 4.79 Å². The number of hydrogen-bond acceptors (Lipinski definition) is 5. The number of nitrogens with one attached hydrogen (secondary N) is 1. The summed E-state index contributed by atoms with van der Waals surface area (Å²) in [6.45, 7) is 0.583. The molecule has 0 saturated heterocycles. The molecule has 0 unspecified atom stereocenters. The van der Waals surface area contributed by atoms with E-state index in [0.29, 0.717) is 18.8 Å². The molecule has 0 atom stereocenters. The van der Waals surface area contributed by atoms with E-state index >= 15 is 0 Å². The second kappa shape index (κ2) is 6.11. The number of aliphatic carboxylic acids is 1. The highest BCUT2D eigenvalue weighted by Crippen LogP contribution is 2.22. The summed E-state index contributed by atoms with van der Waals surface area (Å²) in [6, 6.07) is 7.72. The summed E-state index contributed by atoms with van der Waals surface area (Å²) in [5, 5.41) is 21.7. The zero-order chi connectivity index (χ0) is 12.8. The highest BCUT2D eigenvalue weighted by Gasteiger charge is 2.02. The number of hydrogen-bond donors (Lipinski definition) is 2. The van der Waals surface area contributed by atoms with Gasteiger partial charge in [-0.3, -0.25) is 4.79 Å². The van der Waals surface area contributed by atoms with E-state index in [0.717, 1.165) is 10.6 Å². The van der Waals surface area contributed by atoms with Gasteiger partial charge in [-0.15, -0.1) is 21.5 Å². The molecular weight excluding hydrogens is 250 g/mol. The minimum absolute atomic E-state index is 0.160. The lowest BCUT2D eigenvalue weighted by Crippen LogP contribution is -2.06. The molecule has 2 N–H and O–H groups in total. The van der Waals surface area contributed by atoms with Gasteiger partial charge in [0, 0.05) is 13.0 Å². The highest BCUT2D eigenvalue weighted by atomic mass is 32.1. The minimum atomic E-state index is -0.782. The number of anilines is 1. The van der Waals surface area contributed by atoms with Crippen molar-refractivity contribution in [3.05, 3.63) is 29.6 Å². The Kier molecular flexibility index (Phi) is 4.25. The molecule has 0 amide bonds. The predicted molar refractivity (Wildman–Crippen MR) is 70.7 cm³/mol. The number of aromatic nitrogens is 2. The van der Waals surface area contributed by atoms with Gasteiger partial charge >= 0.3 is 5.97 Å². The zero-order valence-electron chi connectivity index (χ0n) is 9.67. The standard InChI is InChI=1S/C12H13N3O2S/c16-12(17)4-1-7-13-11-6-5-9(14-15-11)10-3-2-8-18-10/h2-3,5-6,8H,1,4,7H2,(H,13,15)(H,16,17). The SMILES string of the molecule is O=C(O)CCCNc1ccc(-c2cccs2)nn1. The third-order valence-electron chi connectivity index (χ3n) is 2.31. The molecule has 6 heteroatoms. The van der Waals surface area contributed by atoms with Crippen molar-refractivity contribution in [2.45, 2.75) is 12.8 Å². The van der Waals surface area contributed by atoms with Gasteiger partial charge in [0.2, 0.25) is 0 Å². The van der Waals surface area contributed by atoms with Crippen LogP contribution >= 0.6 is 11.3 Å². The maximum atomic E-state index is 10.3. The summed E-state index contributed by atoms with van der Waals surface area (Å²) < 4.78 is 0. The molecule has 0 aromatic carbocycles. The number of carboxylic acids is 1. The number of carboxylic acid groups (broad SMARTS) is 1. The normalized spacial score (nSPS) is 10.2. The van der Waals surface area contributed by atoms with Crippen molar-refractivity contribution in [2.24, 2.45) is 0 Å². The Morgan fingerprint density at radius 3 is 2.83 bits per heavy atom. The number of nitrogens with zero attached hydrogens (tertiary/aromatic N) is 2. The smallest absolute Gasteiger partial charge is 0.303 e. The molecule has 2 aromatic rings. The molecule has 0 bridgehead atoms. The van der Waals surface area contributed by atoms with Gasteiger partial charge < -0.3 is 10.4 Å². The van der Waals surface area contributed by atoms with E-state index in [4.69, 9.17) is 5.11 Å². The molecule has 0 fully saturated rings. The molecular formula is C12H13N3O2S. The molecule has 0 spiro atoms. The first-order valence-corrected chi connectivity index (χ1v) is 6.47. The maximum Gasteiger partial charge on any atom is 0.303 e.